The molecule has 1 heterocycles. The summed E-state index contributed by atoms with van der Waals surface area (Å²) >= 11 is 12.0. The summed E-state index contributed by atoms with van der Waals surface area (Å²) in [5.74, 6) is 0. The van der Waals surface area contributed by atoms with Gasteiger partial charge in [-0.25, -0.2) is 8.42 Å². The molecule has 0 spiro atoms. The molecule has 1 aromatic rings. The normalized spacial score (nSPS) is 17.9. The molecule has 3 nitrogen and oxygen atoms in total. The molecule has 1 aromatic carbocycles. The van der Waals surface area contributed by atoms with Crippen molar-refractivity contribution in [3.8, 4) is 0 Å². The van der Waals surface area contributed by atoms with Gasteiger partial charge in [0.05, 0.1) is 5.02 Å². The van der Waals surface area contributed by atoms with Crippen LogP contribution in [0.3, 0.4) is 0 Å². The maximum Gasteiger partial charge on any atom is 0.244 e. The summed E-state index contributed by atoms with van der Waals surface area (Å²) in [6.07, 6.45) is 2.90. The molecule has 1 aliphatic heterocycles. The van der Waals surface area contributed by atoms with Crippen LogP contribution in [-0.2, 0) is 10.0 Å². The van der Waals surface area contributed by atoms with Crippen molar-refractivity contribution in [3.05, 3.63) is 27.7 Å². The Morgan fingerprint density at radius 1 is 1.11 bits per heavy atom. The summed E-state index contributed by atoms with van der Waals surface area (Å²) in [4.78, 5) is 0.160. The second-order valence-electron chi connectivity index (χ2n) is 4.45. The molecular weight excluding hydrogens is 293 g/mol. The van der Waals surface area contributed by atoms with E-state index in [1.165, 1.54) is 10.4 Å². The average Bonchev–Trinajstić information content (AvgIpc) is 2.37. The second-order valence-corrected chi connectivity index (χ2v) is 7.14. The van der Waals surface area contributed by atoms with Crippen LogP contribution in [0.1, 0.15) is 24.8 Å². The van der Waals surface area contributed by atoms with Gasteiger partial charge in [-0.3, -0.25) is 0 Å². The lowest BCUT2D eigenvalue weighted by atomic mass is 10.2. The van der Waals surface area contributed by atoms with Gasteiger partial charge in [0.1, 0.15) is 4.90 Å². The molecule has 0 bridgehead atoms. The van der Waals surface area contributed by atoms with Crippen LogP contribution in [0.2, 0.25) is 10.0 Å². The van der Waals surface area contributed by atoms with Crippen LogP contribution in [0.5, 0.6) is 0 Å². The number of benzene rings is 1. The molecule has 0 unspecified atom stereocenters. The zero-order chi connectivity index (χ0) is 13.3. The summed E-state index contributed by atoms with van der Waals surface area (Å²) in [5.41, 5.74) is 0.608. The van der Waals surface area contributed by atoms with Gasteiger partial charge in [0, 0.05) is 18.1 Å². The van der Waals surface area contributed by atoms with Gasteiger partial charge < -0.3 is 0 Å². The minimum absolute atomic E-state index is 0.160. The average molecular weight is 308 g/mol. The van der Waals surface area contributed by atoms with Gasteiger partial charge in [-0.2, -0.15) is 4.31 Å². The van der Waals surface area contributed by atoms with Gasteiger partial charge in [0.25, 0.3) is 0 Å². The van der Waals surface area contributed by atoms with Crippen LogP contribution < -0.4 is 0 Å². The van der Waals surface area contributed by atoms with Crippen LogP contribution in [0.25, 0.3) is 0 Å². The highest BCUT2D eigenvalue weighted by Crippen LogP contribution is 2.32. The molecule has 0 amide bonds. The van der Waals surface area contributed by atoms with Crippen LogP contribution in [0.4, 0.5) is 0 Å². The molecule has 18 heavy (non-hydrogen) atoms. The predicted octanol–water partition coefficient (Wildman–Crippen LogP) is 3.48. The van der Waals surface area contributed by atoms with Gasteiger partial charge >= 0.3 is 0 Å². The number of nitrogens with zero attached hydrogens (tertiary/aromatic N) is 1. The van der Waals surface area contributed by atoms with Crippen molar-refractivity contribution in [2.24, 2.45) is 0 Å². The predicted molar refractivity (Wildman–Crippen MR) is 73.8 cm³/mol. The summed E-state index contributed by atoms with van der Waals surface area (Å²) in [5, 5.41) is 0.714. The van der Waals surface area contributed by atoms with Crippen LogP contribution in [0.15, 0.2) is 17.0 Å². The minimum Gasteiger partial charge on any atom is -0.207 e. The Labute approximate surface area is 118 Å². The molecule has 0 saturated carbocycles. The third kappa shape index (κ3) is 2.52. The fraction of sp³-hybridized carbons (Fsp3) is 0.500. The molecule has 0 aliphatic carbocycles. The molecule has 0 aromatic heterocycles. The third-order valence-electron chi connectivity index (χ3n) is 3.22. The number of hydrogen-bond acceptors (Lipinski definition) is 2. The van der Waals surface area contributed by atoms with Crippen molar-refractivity contribution in [1.82, 2.24) is 4.31 Å². The summed E-state index contributed by atoms with van der Waals surface area (Å²) < 4.78 is 26.4. The lowest BCUT2D eigenvalue weighted by molar-refractivity contribution is 0.346. The van der Waals surface area contributed by atoms with E-state index in [1.807, 2.05) is 0 Å². The molecule has 2 rings (SSSR count). The Morgan fingerprint density at radius 2 is 1.72 bits per heavy atom. The van der Waals surface area contributed by atoms with Crippen molar-refractivity contribution in [2.75, 3.05) is 13.1 Å². The molecular formula is C12H15Cl2NO2S. The summed E-state index contributed by atoms with van der Waals surface area (Å²) in [6.45, 7) is 2.86. The molecule has 6 heteroatoms. The Balaban J connectivity index is 2.44. The lowest BCUT2D eigenvalue weighted by Gasteiger charge is -2.26. The van der Waals surface area contributed by atoms with Crippen molar-refractivity contribution in [3.63, 3.8) is 0 Å². The highest BCUT2D eigenvalue weighted by Gasteiger charge is 2.28. The molecule has 0 N–H and O–H groups in total. The molecule has 0 atom stereocenters. The van der Waals surface area contributed by atoms with E-state index in [0.717, 1.165) is 19.3 Å². The Morgan fingerprint density at radius 3 is 2.33 bits per heavy atom. The molecule has 1 aliphatic rings. The van der Waals surface area contributed by atoms with Crippen LogP contribution >= 0.6 is 23.2 Å². The first-order chi connectivity index (χ1) is 8.44. The maximum atomic E-state index is 12.5. The highest BCUT2D eigenvalue weighted by atomic mass is 35.5. The van der Waals surface area contributed by atoms with Crippen molar-refractivity contribution >= 4 is 33.2 Å². The first-order valence-corrected chi connectivity index (χ1v) is 8.09. The SMILES string of the molecule is Cc1c(Cl)ccc(S(=O)(=O)N2CCCCC2)c1Cl. The molecule has 1 fully saturated rings. The summed E-state index contributed by atoms with van der Waals surface area (Å²) in [6, 6.07) is 3.07. The van der Waals surface area contributed by atoms with Crippen molar-refractivity contribution in [2.45, 2.75) is 31.1 Å². The van der Waals surface area contributed by atoms with Crippen molar-refractivity contribution in [1.29, 1.82) is 0 Å². The van der Waals surface area contributed by atoms with Gasteiger partial charge in [0.15, 0.2) is 0 Å². The van der Waals surface area contributed by atoms with E-state index >= 15 is 0 Å². The van der Waals surface area contributed by atoms with E-state index in [1.54, 1.807) is 13.0 Å². The first-order valence-electron chi connectivity index (χ1n) is 5.89. The Kier molecular flexibility index (Phi) is 4.22. The van der Waals surface area contributed by atoms with Gasteiger partial charge in [-0.05, 0) is 37.5 Å². The maximum absolute atomic E-state index is 12.5. The Hall–Kier alpha value is -0.290. The fourth-order valence-corrected chi connectivity index (χ4v) is 4.38. The quantitative estimate of drug-likeness (QED) is 0.839. The fourth-order valence-electron chi connectivity index (χ4n) is 2.08. The zero-order valence-corrected chi connectivity index (χ0v) is 12.4. The van der Waals surface area contributed by atoms with Crippen LogP contribution in [-0.4, -0.2) is 25.8 Å². The van der Waals surface area contributed by atoms with Crippen LogP contribution in [0, 0.1) is 6.92 Å². The van der Waals surface area contributed by atoms with Gasteiger partial charge in [-0.15, -0.1) is 0 Å². The zero-order valence-electron chi connectivity index (χ0n) is 10.1. The monoisotopic (exact) mass is 307 g/mol. The van der Waals surface area contributed by atoms with E-state index in [0.29, 0.717) is 23.7 Å². The number of rotatable bonds is 2. The molecule has 0 radical (unpaired) electrons. The van der Waals surface area contributed by atoms with E-state index < -0.39 is 10.0 Å². The highest BCUT2D eigenvalue weighted by molar-refractivity contribution is 7.89. The smallest absolute Gasteiger partial charge is 0.207 e. The topological polar surface area (TPSA) is 37.4 Å². The minimum atomic E-state index is -3.49. The molecule has 1 saturated heterocycles. The van der Waals surface area contributed by atoms with Gasteiger partial charge in [0.2, 0.25) is 10.0 Å². The second kappa shape index (κ2) is 5.37. The largest absolute Gasteiger partial charge is 0.244 e. The molecule has 100 valence electrons. The van der Waals surface area contributed by atoms with Crippen molar-refractivity contribution < 1.29 is 8.42 Å². The standard InChI is InChI=1S/C12H15Cl2NO2S/c1-9-10(13)5-6-11(12(9)14)18(16,17)15-7-3-2-4-8-15/h5-6H,2-4,7-8H2,1H3. The van der Waals surface area contributed by atoms with Gasteiger partial charge in [-0.1, -0.05) is 29.6 Å². The number of piperidine rings is 1. The first kappa shape index (κ1) is 14.1. The number of halogens is 2. The van der Waals surface area contributed by atoms with E-state index in [4.69, 9.17) is 23.2 Å². The van der Waals surface area contributed by atoms with E-state index in [2.05, 4.69) is 0 Å². The lowest BCUT2D eigenvalue weighted by Crippen LogP contribution is -2.35. The summed E-state index contributed by atoms with van der Waals surface area (Å²) in [7, 11) is -3.49. The Bertz CT molecular complexity index is 551. The number of hydrogen-bond donors (Lipinski definition) is 0. The third-order valence-corrected chi connectivity index (χ3v) is 6.17. The van der Waals surface area contributed by atoms with E-state index in [9.17, 15) is 8.42 Å². The van der Waals surface area contributed by atoms with E-state index in [-0.39, 0.29) is 9.92 Å². The number of sulfonamides is 1.